The second-order valence-electron chi connectivity index (χ2n) is 7.34. The molecule has 0 aromatic heterocycles. The number of thiocarbonyl (C=S) groups is 1. The zero-order valence-electron chi connectivity index (χ0n) is 17.7. The maximum atomic E-state index is 13.1. The van der Waals surface area contributed by atoms with Gasteiger partial charge in [0.25, 0.3) is 11.8 Å². The number of carbonyl (C=O) groups excluding carboxylic acids is 2. The van der Waals surface area contributed by atoms with Gasteiger partial charge in [0.1, 0.15) is 5.75 Å². The van der Waals surface area contributed by atoms with Crippen molar-refractivity contribution < 1.29 is 29.0 Å². The first-order valence-corrected chi connectivity index (χ1v) is 12.2. The number of hydrogen-bond donors (Lipinski definition) is 1. The minimum Gasteiger partial charge on any atom is -0.483 e. The zero-order valence-corrected chi connectivity index (χ0v) is 21.0. The minimum absolute atomic E-state index is 0.0585. The number of amides is 2. The van der Waals surface area contributed by atoms with Gasteiger partial charge in [-0.3, -0.25) is 14.5 Å². The van der Waals surface area contributed by atoms with Crippen LogP contribution in [0.15, 0.2) is 51.8 Å². The molecule has 11 heteroatoms. The molecule has 2 aromatic rings. The molecule has 2 aromatic carbocycles. The van der Waals surface area contributed by atoms with Crippen molar-refractivity contribution in [3.63, 3.8) is 0 Å². The highest BCUT2D eigenvalue weighted by Crippen LogP contribution is 2.38. The lowest BCUT2D eigenvalue weighted by molar-refractivity contribution is -0.137. The monoisotopic (exact) mass is 562 g/mol. The van der Waals surface area contributed by atoms with Gasteiger partial charge >= 0.3 is 5.97 Å². The van der Waals surface area contributed by atoms with Crippen LogP contribution >= 0.6 is 39.9 Å². The molecule has 2 aliphatic rings. The van der Waals surface area contributed by atoms with Gasteiger partial charge in [0.15, 0.2) is 10.9 Å². The second-order valence-corrected chi connectivity index (χ2v) is 9.93. The van der Waals surface area contributed by atoms with Crippen LogP contribution in [0, 0.1) is 0 Å². The van der Waals surface area contributed by atoms with E-state index in [0.717, 1.165) is 16.2 Å². The third-order valence-corrected chi connectivity index (χ3v) is 6.91. The van der Waals surface area contributed by atoms with Crippen LogP contribution in [0.5, 0.6) is 5.75 Å². The lowest BCUT2D eigenvalue weighted by Crippen LogP contribution is -2.43. The van der Waals surface area contributed by atoms with Gasteiger partial charge in [-0.05, 0) is 42.5 Å². The van der Waals surface area contributed by atoms with Crippen LogP contribution in [0.4, 0.5) is 5.69 Å². The van der Waals surface area contributed by atoms with Crippen molar-refractivity contribution in [3.05, 3.63) is 63.0 Å². The smallest absolute Gasteiger partial charge is 0.335 e. The Morgan fingerprint density at radius 3 is 2.71 bits per heavy atom. The van der Waals surface area contributed by atoms with Crippen molar-refractivity contribution >= 4 is 73.8 Å². The number of carboxylic acids is 1. The van der Waals surface area contributed by atoms with Gasteiger partial charge in [-0.2, -0.15) is 0 Å². The molecular formula is C23H19BrN2O6S2. The fourth-order valence-corrected chi connectivity index (χ4v) is 5.09. The Morgan fingerprint density at radius 2 is 1.97 bits per heavy atom. The maximum absolute atomic E-state index is 13.1. The van der Waals surface area contributed by atoms with E-state index in [1.165, 1.54) is 17.0 Å². The number of halogens is 1. The predicted molar refractivity (Wildman–Crippen MR) is 136 cm³/mol. The molecule has 2 saturated heterocycles. The summed E-state index contributed by atoms with van der Waals surface area (Å²) in [6.45, 7) is 1.94. The van der Waals surface area contributed by atoms with E-state index in [0.29, 0.717) is 52.5 Å². The number of hydrogen-bond acceptors (Lipinski definition) is 7. The molecule has 0 spiro atoms. The maximum Gasteiger partial charge on any atom is 0.335 e. The molecule has 2 amide bonds. The first-order chi connectivity index (χ1) is 16.3. The highest BCUT2D eigenvalue weighted by atomic mass is 79.9. The SMILES string of the molecule is O=C(O)c1cccc(N2C(=O)/C(=C\c3cc(Br)ccc3OCC(=O)N3CCOCC3)SC2=S)c1. The quantitative estimate of drug-likeness (QED) is 0.419. The number of carbonyl (C=O) groups is 3. The summed E-state index contributed by atoms with van der Waals surface area (Å²) in [4.78, 5) is 40.3. The van der Waals surface area contributed by atoms with Crippen LogP contribution in [0.2, 0.25) is 0 Å². The average Bonchev–Trinajstić information content (AvgIpc) is 3.11. The van der Waals surface area contributed by atoms with Crippen LogP contribution in [0.1, 0.15) is 15.9 Å². The Balaban J connectivity index is 1.55. The lowest BCUT2D eigenvalue weighted by atomic mass is 10.1. The predicted octanol–water partition coefficient (Wildman–Crippen LogP) is 3.79. The molecule has 2 aliphatic heterocycles. The number of rotatable bonds is 6. The van der Waals surface area contributed by atoms with Crippen molar-refractivity contribution in [2.75, 3.05) is 37.8 Å². The Labute approximate surface area is 213 Å². The second kappa shape index (κ2) is 10.7. The van der Waals surface area contributed by atoms with Gasteiger partial charge in [0.05, 0.1) is 29.4 Å². The first kappa shape index (κ1) is 24.4. The Bertz CT molecular complexity index is 1200. The number of carboxylic acid groups (broad SMARTS) is 1. The topological polar surface area (TPSA) is 96.4 Å². The van der Waals surface area contributed by atoms with E-state index in [9.17, 15) is 19.5 Å². The average molecular weight is 563 g/mol. The number of morpholine rings is 1. The number of aromatic carboxylic acids is 1. The van der Waals surface area contributed by atoms with Gasteiger partial charge in [-0.1, -0.05) is 46.0 Å². The summed E-state index contributed by atoms with van der Waals surface area (Å²) >= 11 is 9.93. The molecule has 176 valence electrons. The molecule has 0 unspecified atom stereocenters. The Morgan fingerprint density at radius 1 is 1.21 bits per heavy atom. The molecule has 2 fully saturated rings. The summed E-state index contributed by atoms with van der Waals surface area (Å²) in [7, 11) is 0. The minimum atomic E-state index is -1.09. The highest BCUT2D eigenvalue weighted by Gasteiger charge is 2.34. The van der Waals surface area contributed by atoms with Gasteiger partial charge in [-0.15, -0.1) is 0 Å². The lowest BCUT2D eigenvalue weighted by Gasteiger charge is -2.26. The first-order valence-electron chi connectivity index (χ1n) is 10.2. The zero-order chi connectivity index (χ0) is 24.2. The van der Waals surface area contributed by atoms with Crippen molar-refractivity contribution in [2.24, 2.45) is 0 Å². The van der Waals surface area contributed by atoms with E-state index < -0.39 is 5.97 Å². The van der Waals surface area contributed by atoms with Crippen LogP contribution in [-0.4, -0.2) is 65.0 Å². The van der Waals surface area contributed by atoms with E-state index in [1.54, 1.807) is 41.3 Å². The molecule has 0 aliphatic carbocycles. The molecule has 8 nitrogen and oxygen atoms in total. The molecule has 0 atom stereocenters. The third-order valence-electron chi connectivity index (χ3n) is 5.12. The van der Waals surface area contributed by atoms with Crippen molar-refractivity contribution in [1.29, 1.82) is 0 Å². The third kappa shape index (κ3) is 5.49. The fourth-order valence-electron chi connectivity index (χ4n) is 3.42. The van der Waals surface area contributed by atoms with Crippen LogP contribution < -0.4 is 9.64 Å². The summed E-state index contributed by atoms with van der Waals surface area (Å²) in [6.07, 6.45) is 1.65. The summed E-state index contributed by atoms with van der Waals surface area (Å²) in [6, 6.07) is 11.3. The summed E-state index contributed by atoms with van der Waals surface area (Å²) in [5.41, 5.74) is 1.04. The summed E-state index contributed by atoms with van der Waals surface area (Å²) in [5, 5.41) is 9.26. The number of anilines is 1. The van der Waals surface area contributed by atoms with Gasteiger partial charge in [0.2, 0.25) is 0 Å². The van der Waals surface area contributed by atoms with Crippen LogP contribution in [0.3, 0.4) is 0 Å². The molecular weight excluding hydrogens is 544 g/mol. The van der Waals surface area contributed by atoms with Crippen LogP contribution in [-0.2, 0) is 14.3 Å². The van der Waals surface area contributed by atoms with E-state index in [1.807, 2.05) is 0 Å². The molecule has 34 heavy (non-hydrogen) atoms. The Hall–Kier alpha value is -2.73. The number of ether oxygens (including phenoxy) is 2. The van der Waals surface area contributed by atoms with E-state index >= 15 is 0 Å². The molecule has 0 radical (unpaired) electrons. The van der Waals surface area contributed by atoms with Crippen molar-refractivity contribution in [2.45, 2.75) is 0 Å². The number of nitrogens with zero attached hydrogens (tertiary/aromatic N) is 2. The molecule has 4 rings (SSSR count). The van der Waals surface area contributed by atoms with Gasteiger partial charge in [-0.25, -0.2) is 4.79 Å². The molecule has 1 N–H and O–H groups in total. The number of benzene rings is 2. The Kier molecular flexibility index (Phi) is 7.67. The normalized spacial score (nSPS) is 17.4. The van der Waals surface area contributed by atoms with E-state index in [2.05, 4.69) is 15.9 Å². The highest BCUT2D eigenvalue weighted by molar-refractivity contribution is 9.10. The molecule has 0 bridgehead atoms. The largest absolute Gasteiger partial charge is 0.483 e. The van der Waals surface area contributed by atoms with Crippen LogP contribution in [0.25, 0.3) is 6.08 Å². The van der Waals surface area contributed by atoms with Crippen molar-refractivity contribution in [1.82, 2.24) is 4.90 Å². The standard InChI is InChI=1S/C23H19BrN2O6S2/c24-16-4-5-18(32-13-20(27)25-6-8-31-9-7-25)15(10-16)12-19-21(28)26(23(33)34-19)17-3-1-2-14(11-17)22(29)30/h1-5,10-12H,6-9,13H2,(H,29,30)/b19-12+. The summed E-state index contributed by atoms with van der Waals surface area (Å²) < 4.78 is 12.1. The van der Waals surface area contributed by atoms with E-state index in [4.69, 9.17) is 21.7 Å². The fraction of sp³-hybridized carbons (Fsp3) is 0.217. The van der Waals surface area contributed by atoms with Gasteiger partial charge < -0.3 is 19.5 Å². The molecule has 0 saturated carbocycles. The number of thioether (sulfide) groups is 1. The molecule has 2 heterocycles. The van der Waals surface area contributed by atoms with Gasteiger partial charge in [0, 0.05) is 23.1 Å². The van der Waals surface area contributed by atoms with Crippen molar-refractivity contribution in [3.8, 4) is 5.75 Å². The summed E-state index contributed by atoms with van der Waals surface area (Å²) in [5.74, 6) is -1.15. The van der Waals surface area contributed by atoms with E-state index in [-0.39, 0.29) is 24.0 Å².